The molecule has 0 aliphatic rings. The minimum absolute atomic E-state index is 0.0739. The van der Waals surface area contributed by atoms with Crippen LogP contribution in [0.3, 0.4) is 0 Å². The van der Waals surface area contributed by atoms with Crippen molar-refractivity contribution in [3.8, 4) is 0 Å². The lowest BCUT2D eigenvalue weighted by Crippen LogP contribution is -2.24. The zero-order valence-corrected chi connectivity index (χ0v) is 13.0. The molecule has 0 bridgehead atoms. The van der Waals surface area contributed by atoms with Crippen molar-refractivity contribution in [3.05, 3.63) is 57.9 Å². The van der Waals surface area contributed by atoms with Gasteiger partial charge in [-0.1, -0.05) is 24.3 Å². The number of rotatable bonds is 4. The van der Waals surface area contributed by atoms with Gasteiger partial charge in [0.1, 0.15) is 0 Å². The van der Waals surface area contributed by atoms with E-state index in [-0.39, 0.29) is 5.91 Å². The SMILES string of the molecule is Cc1c(CNC(=O)Cc2cccs2)c2ccccc2n1C. The van der Waals surface area contributed by atoms with E-state index in [1.54, 1.807) is 11.3 Å². The van der Waals surface area contributed by atoms with Crippen LogP contribution < -0.4 is 5.32 Å². The zero-order chi connectivity index (χ0) is 14.8. The summed E-state index contributed by atoms with van der Waals surface area (Å²) >= 11 is 1.62. The fourth-order valence-corrected chi connectivity index (χ4v) is 3.35. The fourth-order valence-electron chi connectivity index (χ4n) is 2.64. The molecule has 0 aliphatic heterocycles. The number of carbonyl (C=O) groups excluding carboxylic acids is 1. The van der Waals surface area contributed by atoms with Gasteiger partial charge in [0.25, 0.3) is 0 Å². The number of fused-ring (bicyclic) bond motifs is 1. The third-order valence-corrected chi connectivity index (χ3v) is 4.78. The molecule has 108 valence electrons. The first-order valence-corrected chi connectivity index (χ1v) is 7.86. The molecule has 3 aromatic rings. The average Bonchev–Trinajstić information content (AvgIpc) is 3.07. The highest BCUT2D eigenvalue weighted by atomic mass is 32.1. The third kappa shape index (κ3) is 2.72. The first-order valence-electron chi connectivity index (χ1n) is 6.99. The molecule has 0 aliphatic carbocycles. The summed E-state index contributed by atoms with van der Waals surface area (Å²) in [5, 5.41) is 6.25. The maximum atomic E-state index is 12.0. The topological polar surface area (TPSA) is 34.0 Å². The van der Waals surface area contributed by atoms with E-state index in [0.29, 0.717) is 13.0 Å². The Morgan fingerprint density at radius 2 is 2.05 bits per heavy atom. The minimum Gasteiger partial charge on any atom is -0.352 e. The summed E-state index contributed by atoms with van der Waals surface area (Å²) in [5.74, 6) is 0.0739. The first-order chi connectivity index (χ1) is 10.2. The predicted octanol–water partition coefficient (Wildman–Crippen LogP) is 3.41. The van der Waals surface area contributed by atoms with E-state index in [9.17, 15) is 4.79 Å². The Morgan fingerprint density at radius 3 is 2.81 bits per heavy atom. The monoisotopic (exact) mass is 298 g/mol. The normalized spacial score (nSPS) is 11.0. The van der Waals surface area contributed by atoms with Crippen molar-refractivity contribution in [1.82, 2.24) is 9.88 Å². The molecule has 3 nitrogen and oxygen atoms in total. The van der Waals surface area contributed by atoms with Gasteiger partial charge in [0.15, 0.2) is 0 Å². The van der Waals surface area contributed by atoms with E-state index in [1.165, 1.54) is 22.2 Å². The summed E-state index contributed by atoms with van der Waals surface area (Å²) in [6.07, 6.45) is 0.460. The molecule has 0 spiro atoms. The summed E-state index contributed by atoms with van der Waals surface area (Å²) in [5.41, 5.74) is 3.61. The Labute approximate surface area is 128 Å². The van der Waals surface area contributed by atoms with E-state index < -0.39 is 0 Å². The van der Waals surface area contributed by atoms with Crippen molar-refractivity contribution < 1.29 is 4.79 Å². The van der Waals surface area contributed by atoms with Gasteiger partial charge >= 0.3 is 0 Å². The number of thiophene rings is 1. The molecular formula is C17H18N2OS. The van der Waals surface area contributed by atoms with Gasteiger partial charge in [-0.3, -0.25) is 4.79 Å². The number of para-hydroxylation sites is 1. The second-order valence-corrected chi connectivity index (χ2v) is 6.21. The number of aromatic nitrogens is 1. The molecule has 0 unspecified atom stereocenters. The lowest BCUT2D eigenvalue weighted by molar-refractivity contribution is -0.120. The van der Waals surface area contributed by atoms with Gasteiger partial charge in [-0.05, 0) is 30.0 Å². The first kappa shape index (κ1) is 13.9. The van der Waals surface area contributed by atoms with Crippen LogP contribution in [0, 0.1) is 6.92 Å². The molecule has 0 fully saturated rings. The standard InChI is InChI=1S/C17H18N2OS/c1-12-15(14-7-3-4-8-16(14)19(12)2)11-18-17(20)10-13-6-5-9-21-13/h3-9H,10-11H2,1-2H3,(H,18,20). The molecule has 0 saturated carbocycles. The van der Waals surface area contributed by atoms with E-state index >= 15 is 0 Å². The molecule has 4 heteroatoms. The number of hydrogen-bond donors (Lipinski definition) is 1. The molecule has 0 radical (unpaired) electrons. The summed E-state index contributed by atoms with van der Waals surface area (Å²) in [6.45, 7) is 2.68. The lowest BCUT2D eigenvalue weighted by Gasteiger charge is -2.05. The quantitative estimate of drug-likeness (QED) is 0.787. The Hall–Kier alpha value is -2.07. The molecule has 1 amide bonds. The van der Waals surface area contributed by atoms with Crippen LogP contribution >= 0.6 is 11.3 Å². The van der Waals surface area contributed by atoms with Crippen LogP contribution in [0.15, 0.2) is 41.8 Å². The molecule has 2 heterocycles. The number of aryl methyl sites for hydroxylation is 1. The van der Waals surface area contributed by atoms with Gasteiger partial charge < -0.3 is 9.88 Å². The van der Waals surface area contributed by atoms with Gasteiger partial charge in [0.2, 0.25) is 5.91 Å². The van der Waals surface area contributed by atoms with Crippen molar-refractivity contribution in [3.63, 3.8) is 0 Å². The number of hydrogen-bond acceptors (Lipinski definition) is 2. The average molecular weight is 298 g/mol. The van der Waals surface area contributed by atoms with Crippen molar-refractivity contribution >= 4 is 28.1 Å². The van der Waals surface area contributed by atoms with Crippen molar-refractivity contribution in [1.29, 1.82) is 0 Å². The number of nitrogens with zero attached hydrogens (tertiary/aromatic N) is 1. The van der Waals surface area contributed by atoms with E-state index in [2.05, 4.69) is 36.0 Å². The predicted molar refractivity (Wildman–Crippen MR) is 87.5 cm³/mol. The van der Waals surface area contributed by atoms with Gasteiger partial charge in [-0.25, -0.2) is 0 Å². The van der Waals surface area contributed by atoms with Gasteiger partial charge in [-0.2, -0.15) is 0 Å². The highest BCUT2D eigenvalue weighted by Gasteiger charge is 2.12. The van der Waals surface area contributed by atoms with Crippen LogP contribution in [-0.4, -0.2) is 10.5 Å². The van der Waals surface area contributed by atoms with E-state index in [4.69, 9.17) is 0 Å². The second kappa shape index (κ2) is 5.74. The fraction of sp³-hybridized carbons (Fsp3) is 0.235. The summed E-state index contributed by atoms with van der Waals surface area (Å²) in [7, 11) is 2.06. The van der Waals surface area contributed by atoms with Gasteiger partial charge in [0.05, 0.1) is 6.42 Å². The molecule has 3 rings (SSSR count). The van der Waals surface area contributed by atoms with Crippen molar-refractivity contribution in [2.24, 2.45) is 7.05 Å². The Morgan fingerprint density at radius 1 is 1.24 bits per heavy atom. The lowest BCUT2D eigenvalue weighted by atomic mass is 10.1. The molecular weight excluding hydrogens is 280 g/mol. The van der Waals surface area contributed by atoms with Crippen LogP contribution in [0.5, 0.6) is 0 Å². The largest absolute Gasteiger partial charge is 0.352 e. The highest BCUT2D eigenvalue weighted by Crippen LogP contribution is 2.24. The van der Waals surface area contributed by atoms with Gasteiger partial charge in [0, 0.05) is 35.1 Å². The Balaban J connectivity index is 1.76. The number of amides is 1. The highest BCUT2D eigenvalue weighted by molar-refractivity contribution is 7.10. The Bertz CT molecular complexity index is 772. The minimum atomic E-state index is 0.0739. The van der Waals surface area contributed by atoms with E-state index in [0.717, 1.165) is 4.88 Å². The molecule has 21 heavy (non-hydrogen) atoms. The molecule has 0 saturated heterocycles. The molecule has 1 aromatic carbocycles. The maximum Gasteiger partial charge on any atom is 0.225 e. The molecule has 1 N–H and O–H groups in total. The van der Waals surface area contributed by atoms with Gasteiger partial charge in [-0.15, -0.1) is 11.3 Å². The molecule has 2 aromatic heterocycles. The van der Waals surface area contributed by atoms with Crippen molar-refractivity contribution in [2.45, 2.75) is 19.9 Å². The van der Waals surface area contributed by atoms with Crippen LogP contribution in [-0.2, 0) is 24.8 Å². The second-order valence-electron chi connectivity index (χ2n) is 5.17. The Kier molecular flexibility index (Phi) is 3.80. The summed E-state index contributed by atoms with van der Waals surface area (Å²) in [6, 6.07) is 12.3. The summed E-state index contributed by atoms with van der Waals surface area (Å²) < 4.78 is 2.18. The number of benzene rings is 1. The maximum absolute atomic E-state index is 12.0. The molecule has 0 atom stereocenters. The van der Waals surface area contributed by atoms with E-state index in [1.807, 2.05) is 29.6 Å². The van der Waals surface area contributed by atoms with Crippen LogP contribution in [0.1, 0.15) is 16.1 Å². The smallest absolute Gasteiger partial charge is 0.225 e. The van der Waals surface area contributed by atoms with Crippen LogP contribution in [0.4, 0.5) is 0 Å². The van der Waals surface area contributed by atoms with Crippen LogP contribution in [0.25, 0.3) is 10.9 Å². The third-order valence-electron chi connectivity index (χ3n) is 3.91. The zero-order valence-electron chi connectivity index (χ0n) is 12.2. The van der Waals surface area contributed by atoms with Crippen molar-refractivity contribution in [2.75, 3.05) is 0 Å². The summed E-state index contributed by atoms with van der Waals surface area (Å²) in [4.78, 5) is 13.1. The van der Waals surface area contributed by atoms with Crippen LogP contribution in [0.2, 0.25) is 0 Å². The number of carbonyl (C=O) groups is 1. The number of nitrogens with one attached hydrogen (secondary N) is 1.